The number of ether oxygens (including phenoxy) is 1. The Labute approximate surface area is 257 Å². The number of sulfonamides is 1. The minimum atomic E-state index is -3.65. The lowest BCUT2D eigenvalue weighted by Gasteiger charge is -2.33. The molecule has 0 fully saturated rings. The van der Waals surface area contributed by atoms with Crippen LogP contribution in [0.1, 0.15) is 56.7 Å². The fraction of sp³-hybridized carbons (Fsp3) is 0.412. The summed E-state index contributed by atoms with van der Waals surface area (Å²) < 4.78 is 32.6. The maximum atomic E-state index is 14.0. The molecule has 8 nitrogen and oxygen atoms in total. The Morgan fingerprint density at radius 1 is 0.930 bits per heavy atom. The van der Waals surface area contributed by atoms with Crippen molar-refractivity contribution in [3.05, 3.63) is 95.6 Å². The van der Waals surface area contributed by atoms with Gasteiger partial charge in [-0.05, 0) is 56.9 Å². The molecule has 3 rings (SSSR count). The van der Waals surface area contributed by atoms with Gasteiger partial charge < -0.3 is 15.0 Å². The average Bonchev–Trinajstić information content (AvgIpc) is 2.97. The molecule has 0 saturated heterocycles. The Morgan fingerprint density at radius 3 is 2.26 bits per heavy atom. The number of anilines is 1. The topological polar surface area (TPSA) is 96.0 Å². The van der Waals surface area contributed by atoms with E-state index in [1.54, 1.807) is 29.2 Å². The average molecular weight is 608 g/mol. The van der Waals surface area contributed by atoms with E-state index in [-0.39, 0.29) is 43.8 Å². The normalized spacial score (nSPS) is 12.7. The number of carbonyl (C=O) groups is 2. The molecule has 9 heteroatoms. The number of nitrogens with one attached hydrogen (secondary N) is 1. The molecule has 3 aromatic rings. The minimum absolute atomic E-state index is 0.0459. The maximum absolute atomic E-state index is 14.0. The Morgan fingerprint density at radius 2 is 1.60 bits per heavy atom. The van der Waals surface area contributed by atoms with Gasteiger partial charge in [-0.25, -0.2) is 8.42 Å². The van der Waals surface area contributed by atoms with Crippen LogP contribution in [0.4, 0.5) is 5.69 Å². The van der Waals surface area contributed by atoms with Gasteiger partial charge in [-0.2, -0.15) is 0 Å². The zero-order valence-corrected chi connectivity index (χ0v) is 26.8. The Kier molecular flexibility index (Phi) is 12.6. The number of carbonyl (C=O) groups excluding carboxylic acids is 2. The minimum Gasteiger partial charge on any atom is -0.492 e. The Balaban J connectivity index is 1.91. The van der Waals surface area contributed by atoms with Gasteiger partial charge >= 0.3 is 0 Å². The molecule has 0 heterocycles. The van der Waals surface area contributed by atoms with Gasteiger partial charge in [-0.1, -0.05) is 79.2 Å². The molecule has 0 saturated carbocycles. The van der Waals surface area contributed by atoms with Gasteiger partial charge in [0.25, 0.3) is 0 Å². The number of rotatable bonds is 16. The fourth-order valence-corrected chi connectivity index (χ4v) is 5.89. The smallest absolute Gasteiger partial charge is 0.243 e. The predicted molar refractivity (Wildman–Crippen MR) is 173 cm³/mol. The van der Waals surface area contributed by atoms with Gasteiger partial charge in [0.2, 0.25) is 21.8 Å². The van der Waals surface area contributed by atoms with E-state index in [2.05, 4.69) is 5.32 Å². The van der Waals surface area contributed by atoms with Crippen molar-refractivity contribution in [1.29, 1.82) is 0 Å². The van der Waals surface area contributed by atoms with Gasteiger partial charge in [0.05, 0.1) is 18.6 Å². The standard InChI is InChI=1S/C34H45N3O5S/c1-6-27(4)35-34(39)31(24-28-16-9-8-10-17-28)36(25-29-18-13-15-26(3)23-29)33(38)21-14-22-37(43(5,40)41)30-19-11-12-20-32(30)42-7-2/h8-13,15-20,23,27,31H,6-7,14,21-22,24-25H2,1-5H3,(H,35,39)/t27-,31-/m0/s1. The third kappa shape index (κ3) is 10.1. The molecule has 0 unspecified atom stereocenters. The van der Waals surface area contributed by atoms with Crippen LogP contribution in [0.15, 0.2) is 78.9 Å². The van der Waals surface area contributed by atoms with E-state index in [9.17, 15) is 18.0 Å². The van der Waals surface area contributed by atoms with E-state index in [0.29, 0.717) is 24.5 Å². The quantitative estimate of drug-likeness (QED) is 0.232. The predicted octanol–water partition coefficient (Wildman–Crippen LogP) is 5.49. The van der Waals surface area contributed by atoms with Crippen LogP contribution in [0.25, 0.3) is 0 Å². The van der Waals surface area contributed by atoms with E-state index in [1.165, 1.54) is 4.31 Å². The molecular formula is C34H45N3O5S. The molecule has 0 aliphatic rings. The third-order valence-corrected chi connectivity index (χ3v) is 8.47. The van der Waals surface area contributed by atoms with Crippen LogP contribution in [0.2, 0.25) is 0 Å². The van der Waals surface area contributed by atoms with Crippen molar-refractivity contribution in [3.8, 4) is 5.75 Å². The lowest BCUT2D eigenvalue weighted by Crippen LogP contribution is -2.52. The highest BCUT2D eigenvalue weighted by molar-refractivity contribution is 7.92. The second kappa shape index (κ2) is 16.1. The van der Waals surface area contributed by atoms with E-state index >= 15 is 0 Å². The third-order valence-electron chi connectivity index (χ3n) is 7.29. The van der Waals surface area contributed by atoms with Crippen LogP contribution >= 0.6 is 0 Å². The van der Waals surface area contributed by atoms with Crippen LogP contribution in [-0.4, -0.2) is 56.6 Å². The van der Waals surface area contributed by atoms with Crippen LogP contribution < -0.4 is 14.4 Å². The highest BCUT2D eigenvalue weighted by Crippen LogP contribution is 2.30. The lowest BCUT2D eigenvalue weighted by atomic mass is 10.0. The van der Waals surface area contributed by atoms with Crippen molar-refractivity contribution in [2.75, 3.05) is 23.7 Å². The van der Waals surface area contributed by atoms with Gasteiger partial charge in [0, 0.05) is 32.0 Å². The van der Waals surface area contributed by atoms with Crippen molar-refractivity contribution >= 4 is 27.5 Å². The summed E-state index contributed by atoms with van der Waals surface area (Å²) in [6, 6.07) is 23.8. The molecule has 232 valence electrons. The number of hydrogen-bond acceptors (Lipinski definition) is 5. The summed E-state index contributed by atoms with van der Waals surface area (Å²) in [6.07, 6.45) is 2.60. The highest BCUT2D eigenvalue weighted by atomic mass is 32.2. The summed E-state index contributed by atoms with van der Waals surface area (Å²) in [6.45, 7) is 8.53. The van der Waals surface area contributed by atoms with Crippen molar-refractivity contribution in [3.63, 3.8) is 0 Å². The molecule has 0 aliphatic carbocycles. The second-order valence-corrected chi connectivity index (χ2v) is 12.8. The molecule has 43 heavy (non-hydrogen) atoms. The number of benzene rings is 3. The number of aryl methyl sites for hydroxylation is 1. The van der Waals surface area contributed by atoms with E-state index in [0.717, 1.165) is 29.4 Å². The molecule has 0 radical (unpaired) electrons. The molecule has 0 aromatic heterocycles. The maximum Gasteiger partial charge on any atom is 0.243 e. The highest BCUT2D eigenvalue weighted by Gasteiger charge is 2.31. The number of para-hydroxylation sites is 2. The van der Waals surface area contributed by atoms with Gasteiger partial charge in [0.15, 0.2) is 0 Å². The van der Waals surface area contributed by atoms with Crippen LogP contribution in [0.3, 0.4) is 0 Å². The molecule has 2 atom stereocenters. The number of nitrogens with zero attached hydrogens (tertiary/aromatic N) is 2. The van der Waals surface area contributed by atoms with E-state index in [1.807, 2.05) is 82.3 Å². The molecule has 3 aromatic carbocycles. The van der Waals surface area contributed by atoms with Gasteiger partial charge in [-0.15, -0.1) is 0 Å². The summed E-state index contributed by atoms with van der Waals surface area (Å²) in [5, 5.41) is 3.08. The molecule has 1 N–H and O–H groups in total. The van der Waals surface area contributed by atoms with Crippen molar-refractivity contribution in [2.24, 2.45) is 0 Å². The van der Waals surface area contributed by atoms with Crippen LogP contribution in [0, 0.1) is 6.92 Å². The monoisotopic (exact) mass is 607 g/mol. The zero-order valence-electron chi connectivity index (χ0n) is 26.0. The van der Waals surface area contributed by atoms with Crippen molar-refractivity contribution in [1.82, 2.24) is 10.2 Å². The SMILES string of the molecule is CCOc1ccccc1N(CCCC(=O)N(Cc1cccc(C)c1)[C@@H](Cc1ccccc1)C(=O)N[C@@H](C)CC)S(C)(=O)=O. The Bertz CT molecular complexity index is 1450. The molecule has 0 spiro atoms. The lowest BCUT2D eigenvalue weighted by molar-refractivity contribution is -0.141. The van der Waals surface area contributed by atoms with Gasteiger partial charge in [0.1, 0.15) is 11.8 Å². The summed E-state index contributed by atoms with van der Waals surface area (Å²) in [5.74, 6) is 0.0448. The molecular weight excluding hydrogens is 562 g/mol. The first kappa shape index (κ1) is 33.6. The first-order chi connectivity index (χ1) is 20.5. The molecule has 2 amide bonds. The zero-order chi connectivity index (χ0) is 31.4. The van der Waals surface area contributed by atoms with E-state index in [4.69, 9.17) is 4.74 Å². The van der Waals surface area contributed by atoms with E-state index < -0.39 is 16.1 Å². The fourth-order valence-electron chi connectivity index (χ4n) is 4.93. The van der Waals surface area contributed by atoms with Crippen LogP contribution in [-0.2, 0) is 32.6 Å². The number of amides is 2. The summed E-state index contributed by atoms with van der Waals surface area (Å²) in [7, 11) is -3.65. The second-order valence-electron chi connectivity index (χ2n) is 10.9. The first-order valence-electron chi connectivity index (χ1n) is 14.9. The Hall–Kier alpha value is -3.85. The van der Waals surface area contributed by atoms with Crippen LogP contribution in [0.5, 0.6) is 5.75 Å². The largest absolute Gasteiger partial charge is 0.492 e. The molecule has 0 bridgehead atoms. The molecule has 0 aliphatic heterocycles. The summed E-state index contributed by atoms with van der Waals surface area (Å²) in [5.41, 5.74) is 3.37. The number of hydrogen-bond donors (Lipinski definition) is 1. The first-order valence-corrected chi connectivity index (χ1v) is 16.8. The summed E-state index contributed by atoms with van der Waals surface area (Å²) >= 11 is 0. The van der Waals surface area contributed by atoms with Crippen molar-refractivity contribution < 1.29 is 22.7 Å². The van der Waals surface area contributed by atoms with Gasteiger partial charge in [-0.3, -0.25) is 13.9 Å². The summed E-state index contributed by atoms with van der Waals surface area (Å²) in [4.78, 5) is 29.4. The van der Waals surface area contributed by atoms with Crippen molar-refractivity contribution in [2.45, 2.75) is 72.0 Å².